The van der Waals surface area contributed by atoms with Crippen molar-refractivity contribution in [3.8, 4) is 11.1 Å². The van der Waals surface area contributed by atoms with Crippen molar-refractivity contribution in [2.45, 2.75) is 19.6 Å². The summed E-state index contributed by atoms with van der Waals surface area (Å²) in [5.74, 6) is -0.161. The zero-order valence-corrected chi connectivity index (χ0v) is 14.8. The van der Waals surface area contributed by atoms with Crippen LogP contribution in [-0.2, 0) is 19.6 Å². The first-order valence-corrected chi connectivity index (χ1v) is 9.04. The van der Waals surface area contributed by atoms with Gasteiger partial charge in [0.25, 0.3) is 0 Å². The molecule has 0 amide bonds. The van der Waals surface area contributed by atoms with Gasteiger partial charge >= 0.3 is 0 Å². The van der Waals surface area contributed by atoms with Crippen LogP contribution in [0.2, 0.25) is 0 Å². The van der Waals surface area contributed by atoms with Crippen molar-refractivity contribution >= 4 is 10.8 Å². The largest absolute Gasteiger partial charge is 0.289 e. The van der Waals surface area contributed by atoms with E-state index in [0.717, 1.165) is 46.2 Å². The molecule has 4 heteroatoms. The number of benzene rings is 2. The highest BCUT2D eigenvalue weighted by molar-refractivity contribution is 5.86. The van der Waals surface area contributed by atoms with Gasteiger partial charge < -0.3 is 0 Å². The van der Waals surface area contributed by atoms with Crippen LogP contribution in [0.4, 0.5) is 4.39 Å². The van der Waals surface area contributed by atoms with Crippen LogP contribution in [0.25, 0.3) is 21.9 Å². The van der Waals surface area contributed by atoms with E-state index in [9.17, 15) is 4.39 Å². The number of hydrogen-bond donors (Lipinski definition) is 0. The molecule has 27 heavy (non-hydrogen) atoms. The highest BCUT2D eigenvalue weighted by Crippen LogP contribution is 2.27. The Bertz CT molecular complexity index is 1110. The molecule has 3 nitrogen and oxygen atoms in total. The van der Waals surface area contributed by atoms with Crippen LogP contribution in [0, 0.1) is 5.82 Å². The molecule has 0 bridgehead atoms. The molecule has 0 atom stereocenters. The zero-order chi connectivity index (χ0) is 18.2. The Kier molecular flexibility index (Phi) is 3.91. The fraction of sp³-hybridized carbons (Fsp3) is 0.130. The minimum Gasteiger partial charge on any atom is -0.289 e. The van der Waals surface area contributed by atoms with Crippen LogP contribution in [-0.4, -0.2) is 14.9 Å². The monoisotopic (exact) mass is 355 g/mol. The van der Waals surface area contributed by atoms with E-state index in [-0.39, 0.29) is 5.82 Å². The van der Waals surface area contributed by atoms with Gasteiger partial charge in [-0.3, -0.25) is 14.9 Å². The summed E-state index contributed by atoms with van der Waals surface area (Å²) < 4.78 is 14.8. The summed E-state index contributed by atoms with van der Waals surface area (Å²) in [6, 6.07) is 17.7. The van der Waals surface area contributed by atoms with Gasteiger partial charge in [-0.15, -0.1) is 0 Å². The van der Waals surface area contributed by atoms with Crippen LogP contribution in [0.5, 0.6) is 0 Å². The van der Waals surface area contributed by atoms with Crippen molar-refractivity contribution in [2.75, 3.05) is 0 Å². The second-order valence-electron chi connectivity index (χ2n) is 7.00. The van der Waals surface area contributed by atoms with Gasteiger partial charge in [-0.2, -0.15) is 0 Å². The topological polar surface area (TPSA) is 29.0 Å². The van der Waals surface area contributed by atoms with Gasteiger partial charge in [0.1, 0.15) is 5.82 Å². The maximum atomic E-state index is 14.8. The van der Waals surface area contributed by atoms with E-state index in [1.165, 1.54) is 5.56 Å². The summed E-state index contributed by atoms with van der Waals surface area (Å²) in [4.78, 5) is 10.8. The first kappa shape index (κ1) is 16.1. The van der Waals surface area contributed by atoms with E-state index in [2.05, 4.69) is 27.0 Å². The first-order valence-electron chi connectivity index (χ1n) is 9.04. The normalized spacial score (nSPS) is 13.8. The van der Waals surface area contributed by atoms with Crippen LogP contribution in [0.15, 0.2) is 73.2 Å². The lowest BCUT2D eigenvalue weighted by molar-refractivity contribution is 0.270. The molecule has 132 valence electrons. The molecular weight excluding hydrogens is 337 g/mol. The zero-order valence-electron chi connectivity index (χ0n) is 14.8. The number of halogens is 1. The first-order chi connectivity index (χ1) is 13.3. The standard InChI is InChI=1S/C23H18FN3/c24-22-11-17(16-3-5-19-12-25-9-7-18(19)10-16)4-6-20(22)13-27-14-21-2-1-8-26-23(21)15-27/h1-12H,13-15H2. The molecule has 0 aliphatic carbocycles. The third kappa shape index (κ3) is 3.09. The SMILES string of the molecule is Fc1cc(-c2ccc3cnccc3c2)ccc1CN1Cc2cccnc2C1. The molecule has 4 aromatic rings. The van der Waals surface area contributed by atoms with Crippen molar-refractivity contribution < 1.29 is 4.39 Å². The van der Waals surface area contributed by atoms with Gasteiger partial charge in [-0.1, -0.05) is 30.3 Å². The maximum Gasteiger partial charge on any atom is 0.128 e. The minimum atomic E-state index is -0.161. The summed E-state index contributed by atoms with van der Waals surface area (Å²) >= 11 is 0. The average molecular weight is 355 g/mol. The van der Waals surface area contributed by atoms with Crippen LogP contribution < -0.4 is 0 Å². The molecule has 5 rings (SSSR count). The van der Waals surface area contributed by atoms with E-state index in [1.54, 1.807) is 12.3 Å². The van der Waals surface area contributed by atoms with Crippen molar-refractivity contribution in [3.63, 3.8) is 0 Å². The van der Waals surface area contributed by atoms with Gasteiger partial charge in [-0.25, -0.2) is 4.39 Å². The third-order valence-corrected chi connectivity index (χ3v) is 5.17. The maximum absolute atomic E-state index is 14.8. The van der Waals surface area contributed by atoms with E-state index in [4.69, 9.17) is 0 Å². The Morgan fingerprint density at radius 3 is 2.67 bits per heavy atom. The van der Waals surface area contributed by atoms with E-state index < -0.39 is 0 Å². The number of rotatable bonds is 3. The van der Waals surface area contributed by atoms with Crippen LogP contribution >= 0.6 is 0 Å². The van der Waals surface area contributed by atoms with Gasteiger partial charge in [-0.05, 0) is 46.3 Å². The summed E-state index contributed by atoms with van der Waals surface area (Å²) in [6.07, 6.45) is 5.43. The Morgan fingerprint density at radius 1 is 0.889 bits per heavy atom. The van der Waals surface area contributed by atoms with E-state index in [1.807, 2.05) is 48.8 Å². The molecule has 0 unspecified atom stereocenters. The van der Waals surface area contributed by atoms with Crippen molar-refractivity contribution in [3.05, 3.63) is 95.8 Å². The number of hydrogen-bond acceptors (Lipinski definition) is 3. The summed E-state index contributed by atoms with van der Waals surface area (Å²) in [5.41, 5.74) is 4.95. The van der Waals surface area contributed by atoms with Gasteiger partial charge in [0.05, 0.1) is 5.69 Å². The second-order valence-corrected chi connectivity index (χ2v) is 7.00. The van der Waals surface area contributed by atoms with Crippen molar-refractivity contribution in [1.82, 2.24) is 14.9 Å². The number of nitrogens with zero attached hydrogens (tertiary/aromatic N) is 3. The van der Waals surface area contributed by atoms with E-state index >= 15 is 0 Å². The molecule has 2 aromatic carbocycles. The summed E-state index contributed by atoms with van der Waals surface area (Å²) in [6.45, 7) is 2.19. The van der Waals surface area contributed by atoms with Gasteiger partial charge in [0.2, 0.25) is 0 Å². The molecule has 1 aliphatic rings. The predicted octanol–water partition coefficient (Wildman–Crippen LogP) is 4.95. The quantitative estimate of drug-likeness (QED) is 0.521. The molecule has 0 radical (unpaired) electrons. The van der Waals surface area contributed by atoms with Crippen molar-refractivity contribution in [2.24, 2.45) is 0 Å². The Hall–Kier alpha value is -3.11. The summed E-state index contributed by atoms with van der Waals surface area (Å²) in [7, 11) is 0. The molecular formula is C23H18FN3. The average Bonchev–Trinajstić information content (AvgIpc) is 3.11. The molecule has 0 spiro atoms. The lowest BCUT2D eigenvalue weighted by Gasteiger charge is -2.15. The molecule has 0 fully saturated rings. The van der Waals surface area contributed by atoms with Gasteiger partial charge in [0, 0.05) is 49.2 Å². The fourth-order valence-electron chi connectivity index (χ4n) is 3.74. The number of pyridine rings is 2. The lowest BCUT2D eigenvalue weighted by atomic mass is 10.0. The lowest BCUT2D eigenvalue weighted by Crippen LogP contribution is -2.16. The third-order valence-electron chi connectivity index (χ3n) is 5.17. The van der Waals surface area contributed by atoms with Crippen molar-refractivity contribution in [1.29, 1.82) is 0 Å². The van der Waals surface area contributed by atoms with Crippen LogP contribution in [0.3, 0.4) is 0 Å². The molecule has 0 N–H and O–H groups in total. The molecule has 0 saturated heterocycles. The highest BCUT2D eigenvalue weighted by Gasteiger charge is 2.20. The van der Waals surface area contributed by atoms with E-state index in [0.29, 0.717) is 6.54 Å². The Balaban J connectivity index is 1.39. The number of fused-ring (bicyclic) bond motifs is 2. The predicted molar refractivity (Wildman–Crippen MR) is 104 cm³/mol. The summed E-state index contributed by atoms with van der Waals surface area (Å²) in [5, 5.41) is 2.19. The molecule has 0 saturated carbocycles. The fourth-order valence-corrected chi connectivity index (χ4v) is 3.74. The minimum absolute atomic E-state index is 0.161. The molecule has 1 aliphatic heterocycles. The Labute approximate surface area is 157 Å². The second kappa shape index (κ2) is 6.56. The smallest absolute Gasteiger partial charge is 0.128 e. The highest BCUT2D eigenvalue weighted by atomic mass is 19.1. The van der Waals surface area contributed by atoms with Crippen LogP contribution in [0.1, 0.15) is 16.8 Å². The number of aromatic nitrogens is 2. The van der Waals surface area contributed by atoms with Gasteiger partial charge in [0.15, 0.2) is 0 Å². The Morgan fingerprint density at radius 2 is 1.78 bits per heavy atom. The molecule has 3 heterocycles. The molecule has 2 aromatic heterocycles.